The van der Waals surface area contributed by atoms with Crippen molar-refractivity contribution >= 4 is 52.4 Å². The molecule has 2 aromatic rings. The molecule has 0 bridgehead atoms. The normalized spacial score (nSPS) is 25.2. The van der Waals surface area contributed by atoms with Gasteiger partial charge in [0.05, 0.1) is 19.8 Å². The fraction of sp³-hybridized carbons (Fsp3) is 0.409. The van der Waals surface area contributed by atoms with E-state index in [-0.39, 0.29) is 19.8 Å². The van der Waals surface area contributed by atoms with Crippen LogP contribution in [-0.4, -0.2) is 41.8 Å². The van der Waals surface area contributed by atoms with Crippen molar-refractivity contribution in [2.75, 3.05) is 6.61 Å². The molecule has 1 fully saturated rings. The molecule has 0 aliphatic carbocycles. The number of aliphatic hydroxyl groups is 1. The summed E-state index contributed by atoms with van der Waals surface area (Å²) >= 11 is 24.3. The summed E-state index contributed by atoms with van der Waals surface area (Å²) < 4.78 is 22.8. The summed E-state index contributed by atoms with van der Waals surface area (Å²) in [5, 5.41) is 12.6. The highest BCUT2D eigenvalue weighted by Crippen LogP contribution is 2.35. The topological polar surface area (TPSA) is 74.2 Å². The Hall–Kier alpha value is -1.09. The number of hydrogen-bond acceptors (Lipinski definition) is 6. The number of halogens is 4. The van der Waals surface area contributed by atoms with Crippen LogP contribution in [0.4, 0.5) is 0 Å². The molecule has 0 aromatic heterocycles. The Bertz CT molecular complexity index is 967. The molecule has 0 radical (unpaired) electrons. The van der Waals surface area contributed by atoms with Gasteiger partial charge in [0.1, 0.15) is 12.2 Å². The van der Waals surface area contributed by atoms with Gasteiger partial charge in [-0.3, -0.25) is 4.79 Å². The number of carbonyl (C=O) groups is 1. The summed E-state index contributed by atoms with van der Waals surface area (Å²) in [7, 11) is 0. The molecule has 1 saturated heterocycles. The van der Waals surface area contributed by atoms with E-state index in [1.54, 1.807) is 36.4 Å². The van der Waals surface area contributed by atoms with Crippen LogP contribution in [0, 0.1) is 0 Å². The molecule has 3 rings (SSSR count). The minimum Gasteiger partial charge on any atom is -0.454 e. The van der Waals surface area contributed by atoms with E-state index in [4.69, 9.17) is 65.4 Å². The first-order valence-corrected chi connectivity index (χ1v) is 11.2. The SMILES string of the molecule is CC(=O)O[C@@H]1[C@H](OCc2ccc(Cl)cc2Cl)[C@@H](COCc2ccc(Cl)cc2Cl)O[C@]1(C)O. The number of carbonyl (C=O) groups excluding carboxylic acids is 1. The molecular weight excluding hydrogens is 502 g/mol. The van der Waals surface area contributed by atoms with E-state index < -0.39 is 30.1 Å². The van der Waals surface area contributed by atoms with Crippen LogP contribution in [0.3, 0.4) is 0 Å². The molecule has 174 valence electrons. The highest BCUT2D eigenvalue weighted by Gasteiger charge is 2.54. The van der Waals surface area contributed by atoms with Crippen molar-refractivity contribution in [3.63, 3.8) is 0 Å². The van der Waals surface area contributed by atoms with Crippen molar-refractivity contribution in [1.82, 2.24) is 0 Å². The van der Waals surface area contributed by atoms with Gasteiger partial charge in [0.2, 0.25) is 5.79 Å². The molecular formula is C22H22Cl4O6. The zero-order chi connectivity index (χ0) is 23.5. The molecule has 1 N–H and O–H groups in total. The summed E-state index contributed by atoms with van der Waals surface area (Å²) in [4.78, 5) is 11.6. The second-order valence-electron chi connectivity index (χ2n) is 7.50. The number of esters is 1. The van der Waals surface area contributed by atoms with Gasteiger partial charge in [-0.25, -0.2) is 0 Å². The van der Waals surface area contributed by atoms with Crippen LogP contribution in [-0.2, 0) is 37.0 Å². The smallest absolute Gasteiger partial charge is 0.303 e. The molecule has 0 unspecified atom stereocenters. The summed E-state index contributed by atoms with van der Waals surface area (Å²) in [6.45, 7) is 2.97. The van der Waals surface area contributed by atoms with Crippen LogP contribution in [0.25, 0.3) is 0 Å². The maximum Gasteiger partial charge on any atom is 0.303 e. The fourth-order valence-electron chi connectivity index (χ4n) is 3.37. The maximum atomic E-state index is 11.6. The van der Waals surface area contributed by atoms with Crippen LogP contribution in [0.2, 0.25) is 20.1 Å². The van der Waals surface area contributed by atoms with Gasteiger partial charge in [-0.05, 0) is 42.3 Å². The van der Waals surface area contributed by atoms with Gasteiger partial charge < -0.3 is 24.1 Å². The van der Waals surface area contributed by atoms with Crippen molar-refractivity contribution < 1.29 is 28.8 Å². The van der Waals surface area contributed by atoms with Gasteiger partial charge in [-0.2, -0.15) is 0 Å². The molecule has 4 atom stereocenters. The Morgan fingerprint density at radius 1 is 1.03 bits per heavy atom. The third-order valence-electron chi connectivity index (χ3n) is 4.88. The Kier molecular flexibility index (Phi) is 8.69. The van der Waals surface area contributed by atoms with Crippen LogP contribution in [0.15, 0.2) is 36.4 Å². The predicted octanol–water partition coefficient (Wildman–Crippen LogP) is 5.44. The first-order chi connectivity index (χ1) is 15.1. The van der Waals surface area contributed by atoms with Gasteiger partial charge >= 0.3 is 5.97 Å². The van der Waals surface area contributed by atoms with E-state index in [0.29, 0.717) is 25.7 Å². The van der Waals surface area contributed by atoms with Crippen molar-refractivity contribution in [3.8, 4) is 0 Å². The van der Waals surface area contributed by atoms with E-state index in [1.165, 1.54) is 13.8 Å². The lowest BCUT2D eigenvalue weighted by Gasteiger charge is -2.26. The Morgan fingerprint density at radius 3 is 2.12 bits per heavy atom. The van der Waals surface area contributed by atoms with E-state index in [2.05, 4.69) is 0 Å². The van der Waals surface area contributed by atoms with Gasteiger partial charge in [-0.1, -0.05) is 58.5 Å². The lowest BCUT2D eigenvalue weighted by atomic mass is 10.1. The standard InChI is InChI=1S/C22H22Cl4O6/c1-12(27)31-21-20(30-10-14-4-6-16(24)8-18(14)26)19(32-22(21,2)28)11-29-9-13-3-5-15(23)7-17(13)25/h3-8,19-21,28H,9-11H2,1-2H3/t19-,20-,21-,22+/m1/s1. The Balaban J connectivity index is 1.71. The second-order valence-corrected chi connectivity index (χ2v) is 9.19. The largest absolute Gasteiger partial charge is 0.454 e. The molecule has 32 heavy (non-hydrogen) atoms. The van der Waals surface area contributed by atoms with Crippen molar-refractivity contribution in [1.29, 1.82) is 0 Å². The lowest BCUT2D eigenvalue weighted by molar-refractivity contribution is -0.228. The van der Waals surface area contributed by atoms with Gasteiger partial charge in [0, 0.05) is 27.0 Å². The molecule has 10 heteroatoms. The fourth-order valence-corrected chi connectivity index (χ4v) is 4.29. The zero-order valence-corrected chi connectivity index (χ0v) is 20.3. The first kappa shape index (κ1) is 25.5. The predicted molar refractivity (Wildman–Crippen MR) is 122 cm³/mol. The number of rotatable bonds is 8. The summed E-state index contributed by atoms with van der Waals surface area (Å²) in [5.74, 6) is -2.35. The average Bonchev–Trinajstić information content (AvgIpc) is 2.92. The van der Waals surface area contributed by atoms with Crippen molar-refractivity contribution in [2.24, 2.45) is 0 Å². The van der Waals surface area contributed by atoms with Gasteiger partial charge in [0.25, 0.3) is 0 Å². The highest BCUT2D eigenvalue weighted by atomic mass is 35.5. The molecule has 1 aliphatic rings. The first-order valence-electron chi connectivity index (χ1n) is 9.71. The monoisotopic (exact) mass is 522 g/mol. The van der Waals surface area contributed by atoms with Crippen molar-refractivity contribution in [3.05, 3.63) is 67.6 Å². The number of hydrogen-bond donors (Lipinski definition) is 1. The highest BCUT2D eigenvalue weighted by molar-refractivity contribution is 6.35. The minimum absolute atomic E-state index is 0.0475. The summed E-state index contributed by atoms with van der Waals surface area (Å²) in [6, 6.07) is 10.1. The Morgan fingerprint density at radius 2 is 1.59 bits per heavy atom. The van der Waals surface area contributed by atoms with E-state index in [1.807, 2.05) is 0 Å². The second kappa shape index (κ2) is 10.9. The van der Waals surface area contributed by atoms with E-state index in [9.17, 15) is 9.90 Å². The quantitative estimate of drug-likeness (QED) is 0.464. The van der Waals surface area contributed by atoms with Crippen LogP contribution < -0.4 is 0 Å². The van der Waals surface area contributed by atoms with Crippen LogP contribution in [0.1, 0.15) is 25.0 Å². The number of ether oxygens (including phenoxy) is 4. The molecule has 1 heterocycles. The lowest BCUT2D eigenvalue weighted by Crippen LogP contribution is -2.45. The van der Waals surface area contributed by atoms with Crippen molar-refractivity contribution in [2.45, 2.75) is 51.2 Å². The molecule has 0 spiro atoms. The van der Waals surface area contributed by atoms with Crippen LogP contribution in [0.5, 0.6) is 0 Å². The molecule has 0 saturated carbocycles. The van der Waals surface area contributed by atoms with Crippen LogP contribution >= 0.6 is 46.4 Å². The summed E-state index contributed by atoms with van der Waals surface area (Å²) in [6.07, 6.45) is -2.62. The number of benzene rings is 2. The summed E-state index contributed by atoms with van der Waals surface area (Å²) in [5.41, 5.74) is 1.42. The molecule has 0 amide bonds. The minimum atomic E-state index is -1.77. The third-order valence-corrected chi connectivity index (χ3v) is 6.05. The molecule has 1 aliphatic heterocycles. The van der Waals surface area contributed by atoms with Gasteiger partial charge in [0.15, 0.2) is 6.10 Å². The van der Waals surface area contributed by atoms with E-state index in [0.717, 1.165) is 5.56 Å². The average molecular weight is 524 g/mol. The Labute approximate surface area is 206 Å². The molecule has 2 aromatic carbocycles. The third kappa shape index (κ3) is 6.49. The molecule has 6 nitrogen and oxygen atoms in total. The zero-order valence-electron chi connectivity index (χ0n) is 17.3. The van der Waals surface area contributed by atoms with Gasteiger partial charge in [-0.15, -0.1) is 0 Å². The van der Waals surface area contributed by atoms with E-state index >= 15 is 0 Å². The maximum absolute atomic E-state index is 11.6.